The van der Waals surface area contributed by atoms with Crippen LogP contribution in [0.3, 0.4) is 0 Å². The third-order valence-electron chi connectivity index (χ3n) is 6.01. The summed E-state index contributed by atoms with van der Waals surface area (Å²) in [6.07, 6.45) is 7.62. The van der Waals surface area contributed by atoms with Gasteiger partial charge >= 0.3 is 0 Å². The van der Waals surface area contributed by atoms with Crippen molar-refractivity contribution in [2.45, 2.75) is 64.8 Å². The first-order valence-corrected chi connectivity index (χ1v) is 11.7. The summed E-state index contributed by atoms with van der Waals surface area (Å²) < 4.78 is 26.8. The Morgan fingerprint density at radius 2 is 1.88 bits per heavy atom. The third kappa shape index (κ3) is 3.48. The van der Waals surface area contributed by atoms with Crippen LogP contribution in [0.5, 0.6) is 0 Å². The van der Waals surface area contributed by atoms with Gasteiger partial charge in [-0.1, -0.05) is 6.42 Å². The van der Waals surface area contributed by atoms with E-state index in [9.17, 15) is 8.42 Å². The number of hydrogen-bond donors (Lipinski definition) is 0. The Morgan fingerprint density at radius 1 is 1.08 bits per heavy atom. The Morgan fingerprint density at radius 3 is 2.62 bits per heavy atom. The van der Waals surface area contributed by atoms with Crippen molar-refractivity contribution < 1.29 is 8.42 Å². The van der Waals surface area contributed by atoms with Crippen molar-refractivity contribution >= 4 is 15.8 Å². The molecular formula is C19H30N4O2S. The lowest BCUT2D eigenvalue weighted by Crippen LogP contribution is -2.41. The normalized spacial score (nSPS) is 24.5. The predicted molar refractivity (Wildman–Crippen MR) is 103 cm³/mol. The molecule has 1 aromatic heterocycles. The lowest BCUT2D eigenvalue weighted by atomic mass is 10.0. The molecule has 3 heterocycles. The van der Waals surface area contributed by atoms with E-state index in [0.717, 1.165) is 62.6 Å². The van der Waals surface area contributed by atoms with Crippen molar-refractivity contribution in [3.8, 4) is 0 Å². The van der Waals surface area contributed by atoms with Crippen LogP contribution in [0.4, 0.5) is 5.82 Å². The van der Waals surface area contributed by atoms with E-state index in [-0.39, 0.29) is 11.8 Å². The van der Waals surface area contributed by atoms with E-state index in [0.29, 0.717) is 12.4 Å². The van der Waals surface area contributed by atoms with Gasteiger partial charge < -0.3 is 4.90 Å². The number of anilines is 1. The molecule has 6 nitrogen and oxygen atoms in total. The van der Waals surface area contributed by atoms with Gasteiger partial charge in [0.2, 0.25) is 10.0 Å². The first-order chi connectivity index (χ1) is 12.5. The van der Waals surface area contributed by atoms with E-state index in [1.807, 2.05) is 0 Å². The van der Waals surface area contributed by atoms with Gasteiger partial charge in [-0.15, -0.1) is 0 Å². The van der Waals surface area contributed by atoms with E-state index < -0.39 is 10.0 Å². The molecule has 2 aliphatic heterocycles. The quantitative estimate of drug-likeness (QED) is 0.788. The molecule has 1 aromatic rings. The van der Waals surface area contributed by atoms with E-state index in [2.05, 4.69) is 11.8 Å². The molecule has 26 heavy (non-hydrogen) atoms. The summed E-state index contributed by atoms with van der Waals surface area (Å²) in [6.45, 7) is 6.52. The van der Waals surface area contributed by atoms with Gasteiger partial charge in [-0.2, -0.15) is 4.31 Å². The maximum absolute atomic E-state index is 12.6. The first-order valence-electron chi connectivity index (χ1n) is 10.1. The maximum atomic E-state index is 12.6. The van der Waals surface area contributed by atoms with Crippen molar-refractivity contribution in [1.82, 2.24) is 14.3 Å². The number of aryl methyl sites for hydroxylation is 1. The van der Waals surface area contributed by atoms with Crippen LogP contribution in [0, 0.1) is 12.8 Å². The lowest BCUT2D eigenvalue weighted by molar-refractivity contribution is 0.246. The molecule has 1 atom stereocenters. The Hall–Kier alpha value is -1.21. The van der Waals surface area contributed by atoms with Crippen LogP contribution < -0.4 is 4.90 Å². The van der Waals surface area contributed by atoms with Crippen molar-refractivity contribution in [1.29, 1.82) is 0 Å². The summed E-state index contributed by atoms with van der Waals surface area (Å²) in [4.78, 5) is 12.2. The van der Waals surface area contributed by atoms with Crippen molar-refractivity contribution in [2.24, 2.45) is 5.92 Å². The molecule has 0 spiro atoms. The highest BCUT2D eigenvalue weighted by atomic mass is 32.2. The number of fused-ring (bicyclic) bond motifs is 1. The van der Waals surface area contributed by atoms with E-state index >= 15 is 0 Å². The average molecular weight is 379 g/mol. The van der Waals surface area contributed by atoms with E-state index in [1.54, 1.807) is 11.2 Å². The minimum absolute atomic E-state index is 0.140. The molecule has 1 unspecified atom stereocenters. The molecule has 7 heteroatoms. The smallest absolute Gasteiger partial charge is 0.214 e. The summed E-state index contributed by atoms with van der Waals surface area (Å²) in [5, 5.41) is 0. The highest BCUT2D eigenvalue weighted by Gasteiger charge is 2.36. The summed E-state index contributed by atoms with van der Waals surface area (Å²) in [6, 6.07) is -0.206. The molecule has 4 rings (SSSR count). The van der Waals surface area contributed by atoms with Crippen molar-refractivity contribution in [2.75, 3.05) is 30.3 Å². The Kier molecular flexibility index (Phi) is 4.94. The molecule has 3 aliphatic rings. The fourth-order valence-electron chi connectivity index (χ4n) is 4.31. The molecule has 0 aromatic carbocycles. The highest BCUT2D eigenvalue weighted by molar-refractivity contribution is 7.89. The van der Waals surface area contributed by atoms with Crippen LogP contribution in [0.1, 0.15) is 68.6 Å². The van der Waals surface area contributed by atoms with Crippen molar-refractivity contribution in [3.63, 3.8) is 0 Å². The van der Waals surface area contributed by atoms with Gasteiger partial charge in [0.15, 0.2) is 0 Å². The lowest BCUT2D eigenvalue weighted by Gasteiger charge is -2.36. The molecule has 1 saturated heterocycles. The average Bonchev–Trinajstić information content (AvgIpc) is 3.46. The van der Waals surface area contributed by atoms with Crippen LogP contribution in [0.25, 0.3) is 0 Å². The minimum atomic E-state index is -3.24. The fraction of sp³-hybridized carbons (Fsp3) is 0.789. The molecule has 144 valence electrons. The first kappa shape index (κ1) is 18.2. The number of aromatic nitrogens is 2. The Labute approximate surface area is 157 Å². The SMILES string of the molecule is CCS(=O)(=O)N1CCCCC1c1nc(C)c2c(n1)N(CC1CC1)CCC2. The molecule has 1 aliphatic carbocycles. The second kappa shape index (κ2) is 7.08. The topological polar surface area (TPSA) is 66.4 Å². The predicted octanol–water partition coefficient (Wildman–Crippen LogP) is 2.82. The van der Waals surface area contributed by atoms with Gasteiger partial charge in [0.1, 0.15) is 11.6 Å². The highest BCUT2D eigenvalue weighted by Crippen LogP contribution is 2.37. The van der Waals surface area contributed by atoms with Gasteiger partial charge in [0, 0.05) is 30.9 Å². The molecule has 1 saturated carbocycles. The van der Waals surface area contributed by atoms with Gasteiger partial charge in [0.05, 0.1) is 11.8 Å². The number of rotatable bonds is 5. The molecule has 0 radical (unpaired) electrons. The molecule has 0 bridgehead atoms. The van der Waals surface area contributed by atoms with Crippen LogP contribution >= 0.6 is 0 Å². The van der Waals surface area contributed by atoms with Gasteiger partial charge in [-0.25, -0.2) is 18.4 Å². The van der Waals surface area contributed by atoms with E-state index in [1.165, 1.54) is 18.4 Å². The van der Waals surface area contributed by atoms with Gasteiger partial charge in [0.25, 0.3) is 0 Å². The molecule has 0 amide bonds. The maximum Gasteiger partial charge on any atom is 0.214 e. The Bertz CT molecular complexity index is 776. The zero-order valence-corrected chi connectivity index (χ0v) is 16.8. The zero-order chi connectivity index (χ0) is 18.3. The Balaban J connectivity index is 1.70. The number of sulfonamides is 1. The van der Waals surface area contributed by atoms with Crippen LogP contribution in [-0.4, -0.2) is 48.1 Å². The zero-order valence-electron chi connectivity index (χ0n) is 15.9. The number of piperidine rings is 1. The van der Waals surface area contributed by atoms with Crippen LogP contribution in [0.2, 0.25) is 0 Å². The molecule has 2 fully saturated rings. The molecular weight excluding hydrogens is 348 g/mol. The second-order valence-corrected chi connectivity index (χ2v) is 10.2. The largest absolute Gasteiger partial charge is 0.356 e. The van der Waals surface area contributed by atoms with Gasteiger partial charge in [-0.3, -0.25) is 0 Å². The minimum Gasteiger partial charge on any atom is -0.356 e. The fourth-order valence-corrected chi connectivity index (χ4v) is 5.64. The monoisotopic (exact) mass is 378 g/mol. The van der Waals surface area contributed by atoms with E-state index in [4.69, 9.17) is 9.97 Å². The number of nitrogens with zero attached hydrogens (tertiary/aromatic N) is 4. The standard InChI is InChI=1S/C19H30N4O2S/c1-3-26(24,25)23-12-5-4-8-17(23)18-20-14(2)16-7-6-11-22(19(16)21-18)13-15-9-10-15/h15,17H,3-13H2,1-2H3. The third-order valence-corrected chi connectivity index (χ3v) is 7.89. The summed E-state index contributed by atoms with van der Waals surface area (Å²) in [5.41, 5.74) is 2.30. The molecule has 0 N–H and O–H groups in total. The second-order valence-electron chi connectivity index (χ2n) is 7.99. The summed E-state index contributed by atoms with van der Waals surface area (Å²) in [7, 11) is -3.24. The van der Waals surface area contributed by atoms with Crippen molar-refractivity contribution in [3.05, 3.63) is 17.1 Å². The van der Waals surface area contributed by atoms with Crippen LogP contribution in [-0.2, 0) is 16.4 Å². The van der Waals surface area contributed by atoms with Crippen LogP contribution in [0.15, 0.2) is 0 Å². The number of hydrogen-bond acceptors (Lipinski definition) is 5. The summed E-state index contributed by atoms with van der Waals surface area (Å²) >= 11 is 0. The summed E-state index contributed by atoms with van der Waals surface area (Å²) in [5.74, 6) is 2.73. The van der Waals surface area contributed by atoms with Gasteiger partial charge in [-0.05, 0) is 58.3 Å².